The van der Waals surface area contributed by atoms with Crippen LogP contribution in [0, 0.1) is 0 Å². The number of aromatic nitrogens is 1. The largest absolute Gasteiger partial charge is 0.348 e. The van der Waals surface area contributed by atoms with Crippen molar-refractivity contribution in [3.8, 4) is 0 Å². The van der Waals surface area contributed by atoms with Crippen molar-refractivity contribution in [1.29, 1.82) is 0 Å². The Morgan fingerprint density at radius 1 is 1.30 bits per heavy atom. The van der Waals surface area contributed by atoms with Crippen LogP contribution in [0.15, 0.2) is 41.3 Å². The van der Waals surface area contributed by atoms with E-state index in [4.69, 9.17) is 23.2 Å². The molecule has 0 spiro atoms. The molecule has 20 heavy (non-hydrogen) atoms. The monoisotopic (exact) mass is 310 g/mol. The Balaban J connectivity index is 2.11. The summed E-state index contributed by atoms with van der Waals surface area (Å²) in [5.74, 6) is -0.303. The predicted molar refractivity (Wildman–Crippen MR) is 79.3 cm³/mol. The van der Waals surface area contributed by atoms with Gasteiger partial charge in [0.1, 0.15) is 5.02 Å². The molecule has 2 rings (SSSR count). The van der Waals surface area contributed by atoms with Crippen LogP contribution < -0.4 is 10.9 Å². The maximum absolute atomic E-state index is 12.0. The molecule has 1 aromatic carbocycles. The van der Waals surface area contributed by atoms with Gasteiger partial charge in [-0.05, 0) is 23.8 Å². The number of halogens is 2. The van der Waals surface area contributed by atoms with Crippen molar-refractivity contribution >= 4 is 29.1 Å². The van der Waals surface area contributed by atoms with Gasteiger partial charge in [0, 0.05) is 24.8 Å². The van der Waals surface area contributed by atoms with Crippen molar-refractivity contribution in [1.82, 2.24) is 9.88 Å². The number of carbonyl (C=O) groups excluding carboxylic acids is 1. The van der Waals surface area contributed by atoms with Gasteiger partial charge in [0.15, 0.2) is 0 Å². The van der Waals surface area contributed by atoms with Gasteiger partial charge >= 0.3 is 0 Å². The van der Waals surface area contributed by atoms with Crippen LogP contribution in [0.25, 0.3) is 0 Å². The fourth-order valence-electron chi connectivity index (χ4n) is 1.73. The third kappa shape index (κ3) is 3.40. The molecule has 0 radical (unpaired) electrons. The number of hydrogen-bond acceptors (Lipinski definition) is 2. The van der Waals surface area contributed by atoms with Crippen molar-refractivity contribution in [2.75, 3.05) is 0 Å². The zero-order valence-electron chi connectivity index (χ0n) is 10.7. The summed E-state index contributed by atoms with van der Waals surface area (Å²) < 4.78 is 1.27. The molecule has 4 nitrogen and oxygen atoms in total. The van der Waals surface area contributed by atoms with Crippen LogP contribution in [0.1, 0.15) is 15.9 Å². The standard InChI is InChI=1S/C14H12Cl2N2O2/c1-18-8-10(6-12(16)14(18)20)13(19)17-7-9-3-2-4-11(15)5-9/h2-6,8H,7H2,1H3,(H,17,19). The van der Waals surface area contributed by atoms with Crippen LogP contribution in [0.5, 0.6) is 0 Å². The first kappa shape index (κ1) is 14.6. The number of aryl methyl sites for hydroxylation is 1. The van der Waals surface area contributed by atoms with Crippen molar-refractivity contribution in [2.24, 2.45) is 7.05 Å². The molecule has 0 aliphatic rings. The van der Waals surface area contributed by atoms with E-state index in [1.807, 2.05) is 12.1 Å². The Morgan fingerprint density at radius 3 is 2.70 bits per heavy atom. The van der Waals surface area contributed by atoms with E-state index >= 15 is 0 Å². The molecule has 0 saturated heterocycles. The van der Waals surface area contributed by atoms with E-state index < -0.39 is 0 Å². The molecule has 2 aromatic rings. The number of hydrogen-bond donors (Lipinski definition) is 1. The van der Waals surface area contributed by atoms with Crippen LogP contribution in [-0.4, -0.2) is 10.5 Å². The second-order valence-electron chi connectivity index (χ2n) is 4.31. The molecule has 0 aliphatic heterocycles. The van der Waals surface area contributed by atoms with E-state index in [0.29, 0.717) is 17.1 Å². The molecule has 0 fully saturated rings. The number of amides is 1. The Kier molecular flexibility index (Phi) is 4.47. The first-order valence-electron chi connectivity index (χ1n) is 5.86. The van der Waals surface area contributed by atoms with Crippen LogP contribution in [0.3, 0.4) is 0 Å². The molecule has 1 amide bonds. The van der Waals surface area contributed by atoms with Crippen LogP contribution in [0.2, 0.25) is 10.0 Å². The van der Waals surface area contributed by atoms with Crippen molar-refractivity contribution in [3.05, 3.63) is 68.1 Å². The quantitative estimate of drug-likeness (QED) is 0.947. The molecule has 6 heteroatoms. The lowest BCUT2D eigenvalue weighted by atomic mass is 10.2. The first-order chi connectivity index (χ1) is 9.47. The normalized spacial score (nSPS) is 10.3. The molecule has 0 atom stereocenters. The van der Waals surface area contributed by atoms with Gasteiger partial charge in [0.2, 0.25) is 0 Å². The Morgan fingerprint density at radius 2 is 2.05 bits per heavy atom. The summed E-state index contributed by atoms with van der Waals surface area (Å²) in [4.78, 5) is 23.4. The Hall–Kier alpha value is -1.78. The Labute approximate surface area is 125 Å². The number of pyridine rings is 1. The second kappa shape index (κ2) is 6.11. The maximum atomic E-state index is 12.0. The minimum Gasteiger partial charge on any atom is -0.348 e. The number of rotatable bonds is 3. The van der Waals surface area contributed by atoms with Gasteiger partial charge in [0.25, 0.3) is 11.5 Å². The first-order valence-corrected chi connectivity index (χ1v) is 6.62. The minimum atomic E-state index is -0.335. The molecule has 1 N–H and O–H groups in total. The fourth-order valence-corrected chi connectivity index (χ4v) is 2.19. The molecule has 0 bridgehead atoms. The van der Waals surface area contributed by atoms with Crippen molar-refractivity contribution in [3.63, 3.8) is 0 Å². The van der Waals surface area contributed by atoms with Crippen molar-refractivity contribution < 1.29 is 4.79 Å². The van der Waals surface area contributed by atoms with Gasteiger partial charge in [-0.15, -0.1) is 0 Å². The summed E-state index contributed by atoms with van der Waals surface area (Å²) in [6, 6.07) is 8.57. The topological polar surface area (TPSA) is 51.1 Å². The van der Waals surface area contributed by atoms with Crippen LogP contribution in [-0.2, 0) is 13.6 Å². The third-order valence-corrected chi connectivity index (χ3v) is 3.25. The molecule has 104 valence electrons. The lowest BCUT2D eigenvalue weighted by Gasteiger charge is -2.07. The average Bonchev–Trinajstić information content (AvgIpc) is 2.41. The summed E-state index contributed by atoms with van der Waals surface area (Å²) >= 11 is 11.6. The third-order valence-electron chi connectivity index (χ3n) is 2.74. The second-order valence-corrected chi connectivity index (χ2v) is 5.15. The number of benzene rings is 1. The summed E-state index contributed by atoms with van der Waals surface area (Å²) in [6.45, 7) is 0.347. The van der Waals surface area contributed by atoms with Gasteiger partial charge in [-0.1, -0.05) is 35.3 Å². The predicted octanol–water partition coefficient (Wildman–Crippen LogP) is 2.62. The molecule has 0 aliphatic carbocycles. The van der Waals surface area contributed by atoms with E-state index in [1.165, 1.54) is 16.8 Å². The summed E-state index contributed by atoms with van der Waals surface area (Å²) in [7, 11) is 1.54. The number of nitrogens with one attached hydrogen (secondary N) is 1. The SMILES string of the molecule is Cn1cc(C(=O)NCc2cccc(Cl)c2)cc(Cl)c1=O. The van der Waals surface area contributed by atoms with Gasteiger partial charge in [0.05, 0.1) is 5.56 Å². The van der Waals surface area contributed by atoms with Gasteiger partial charge in [-0.2, -0.15) is 0 Å². The molecule has 1 heterocycles. The van der Waals surface area contributed by atoms with E-state index in [0.717, 1.165) is 5.56 Å². The Bertz CT molecular complexity index is 684. The van der Waals surface area contributed by atoms with Crippen molar-refractivity contribution in [2.45, 2.75) is 6.54 Å². The molecular formula is C14H12Cl2N2O2. The molecular weight excluding hydrogens is 299 g/mol. The highest BCUT2D eigenvalue weighted by molar-refractivity contribution is 6.31. The molecule has 0 saturated carbocycles. The summed E-state index contributed by atoms with van der Waals surface area (Å²) in [5, 5.41) is 3.37. The van der Waals surface area contributed by atoms with Crippen LogP contribution in [0.4, 0.5) is 0 Å². The van der Waals surface area contributed by atoms with E-state index in [9.17, 15) is 9.59 Å². The zero-order valence-corrected chi connectivity index (χ0v) is 12.2. The van der Waals surface area contributed by atoms with E-state index in [2.05, 4.69) is 5.32 Å². The smallest absolute Gasteiger partial charge is 0.269 e. The lowest BCUT2D eigenvalue weighted by molar-refractivity contribution is 0.0950. The maximum Gasteiger partial charge on any atom is 0.269 e. The molecule has 0 unspecified atom stereocenters. The molecule has 1 aromatic heterocycles. The average molecular weight is 311 g/mol. The summed E-state index contributed by atoms with van der Waals surface area (Å²) in [6.07, 6.45) is 1.45. The number of nitrogens with zero attached hydrogens (tertiary/aromatic N) is 1. The van der Waals surface area contributed by atoms with Crippen LogP contribution >= 0.6 is 23.2 Å². The highest BCUT2D eigenvalue weighted by Gasteiger charge is 2.09. The van der Waals surface area contributed by atoms with E-state index in [-0.39, 0.29) is 16.5 Å². The van der Waals surface area contributed by atoms with Gasteiger partial charge in [-0.3, -0.25) is 9.59 Å². The van der Waals surface area contributed by atoms with E-state index in [1.54, 1.807) is 19.2 Å². The fraction of sp³-hybridized carbons (Fsp3) is 0.143. The minimum absolute atomic E-state index is 0.0166. The lowest BCUT2D eigenvalue weighted by Crippen LogP contribution is -2.26. The van der Waals surface area contributed by atoms with Gasteiger partial charge < -0.3 is 9.88 Å². The zero-order chi connectivity index (χ0) is 14.7. The highest BCUT2D eigenvalue weighted by atomic mass is 35.5. The highest BCUT2D eigenvalue weighted by Crippen LogP contribution is 2.11. The summed E-state index contributed by atoms with van der Waals surface area (Å²) in [5.41, 5.74) is 0.888. The number of carbonyl (C=O) groups is 1. The van der Waals surface area contributed by atoms with Gasteiger partial charge in [-0.25, -0.2) is 0 Å².